The van der Waals surface area contributed by atoms with Crippen molar-refractivity contribution in [3.05, 3.63) is 52.4 Å². The van der Waals surface area contributed by atoms with Gasteiger partial charge in [0, 0.05) is 13.1 Å². The van der Waals surface area contributed by atoms with Crippen LogP contribution in [0.1, 0.15) is 45.8 Å². The number of aromatic nitrogens is 1. The highest BCUT2D eigenvalue weighted by atomic mass is 16.5. The Kier molecular flexibility index (Phi) is 4.76. The lowest BCUT2D eigenvalue weighted by Crippen LogP contribution is -2.23. The average Bonchev–Trinajstić information content (AvgIpc) is 3.16. The van der Waals surface area contributed by atoms with Crippen LogP contribution in [0.25, 0.3) is 0 Å². The molecule has 0 aliphatic carbocycles. The molecule has 2 aromatic rings. The lowest BCUT2D eigenvalue weighted by Gasteiger charge is -2.14. The zero-order valence-electron chi connectivity index (χ0n) is 13.8. The van der Waals surface area contributed by atoms with Crippen LogP contribution in [0.4, 0.5) is 0 Å². The smallest absolute Gasteiger partial charge is 0.257 e. The van der Waals surface area contributed by atoms with Crippen LogP contribution in [0.2, 0.25) is 0 Å². The number of likely N-dealkylation sites (tertiary alicyclic amines) is 1. The first kappa shape index (κ1) is 15.7. The predicted molar refractivity (Wildman–Crippen MR) is 88.1 cm³/mol. The number of nitrogens with zero attached hydrogens (tertiary/aromatic N) is 2. The minimum Gasteiger partial charge on any atom is -0.361 e. The summed E-state index contributed by atoms with van der Waals surface area (Å²) in [6, 6.07) is 8.46. The Balaban J connectivity index is 1.55. The summed E-state index contributed by atoms with van der Waals surface area (Å²) in [7, 11) is 0. The van der Waals surface area contributed by atoms with Crippen molar-refractivity contribution in [1.29, 1.82) is 0 Å². The molecule has 1 aliphatic rings. The van der Waals surface area contributed by atoms with Crippen LogP contribution in [0.3, 0.4) is 0 Å². The van der Waals surface area contributed by atoms with Crippen molar-refractivity contribution < 1.29 is 9.32 Å². The summed E-state index contributed by atoms with van der Waals surface area (Å²) in [6.07, 6.45) is 2.62. The number of amides is 1. The first-order chi connectivity index (χ1) is 11.1. The summed E-state index contributed by atoms with van der Waals surface area (Å²) in [5, 5.41) is 6.74. The van der Waals surface area contributed by atoms with Crippen molar-refractivity contribution in [3.63, 3.8) is 0 Å². The molecule has 2 heterocycles. The van der Waals surface area contributed by atoms with Crippen LogP contribution >= 0.6 is 0 Å². The van der Waals surface area contributed by atoms with E-state index in [0.29, 0.717) is 23.6 Å². The molecule has 1 fully saturated rings. The van der Waals surface area contributed by atoms with E-state index in [9.17, 15) is 4.79 Å². The van der Waals surface area contributed by atoms with Gasteiger partial charge in [-0.05, 0) is 50.9 Å². The Morgan fingerprint density at radius 2 is 1.83 bits per heavy atom. The fourth-order valence-corrected chi connectivity index (χ4v) is 3.04. The van der Waals surface area contributed by atoms with E-state index in [4.69, 9.17) is 4.52 Å². The number of nitrogens with one attached hydrogen (secondary N) is 1. The molecule has 0 saturated carbocycles. The van der Waals surface area contributed by atoms with Crippen molar-refractivity contribution in [2.24, 2.45) is 0 Å². The molecule has 0 bridgehead atoms. The number of hydrogen-bond donors (Lipinski definition) is 1. The highest BCUT2D eigenvalue weighted by Crippen LogP contribution is 2.14. The Bertz CT molecular complexity index is 651. The van der Waals surface area contributed by atoms with Crippen molar-refractivity contribution in [2.45, 2.75) is 39.8 Å². The number of carbonyl (C=O) groups is 1. The summed E-state index contributed by atoms with van der Waals surface area (Å²) >= 11 is 0. The molecule has 1 aromatic heterocycles. The van der Waals surface area contributed by atoms with Gasteiger partial charge in [-0.3, -0.25) is 9.69 Å². The zero-order valence-corrected chi connectivity index (χ0v) is 13.8. The number of hydrogen-bond acceptors (Lipinski definition) is 4. The van der Waals surface area contributed by atoms with Gasteiger partial charge in [-0.15, -0.1) is 0 Å². The van der Waals surface area contributed by atoms with Gasteiger partial charge in [0.1, 0.15) is 11.3 Å². The number of carbonyl (C=O) groups excluding carboxylic acids is 1. The fraction of sp³-hybridized carbons (Fsp3) is 0.444. The first-order valence-corrected chi connectivity index (χ1v) is 8.15. The molecular formula is C18H23N3O2. The maximum absolute atomic E-state index is 12.2. The number of rotatable bonds is 5. The first-order valence-electron chi connectivity index (χ1n) is 8.15. The van der Waals surface area contributed by atoms with Gasteiger partial charge in [0.2, 0.25) is 0 Å². The predicted octanol–water partition coefficient (Wildman–Crippen LogP) is 2.82. The van der Waals surface area contributed by atoms with Crippen molar-refractivity contribution in [1.82, 2.24) is 15.4 Å². The average molecular weight is 313 g/mol. The zero-order chi connectivity index (χ0) is 16.2. The summed E-state index contributed by atoms with van der Waals surface area (Å²) < 4.78 is 5.03. The van der Waals surface area contributed by atoms with Crippen LogP contribution < -0.4 is 5.32 Å². The van der Waals surface area contributed by atoms with Crippen LogP contribution in [0.15, 0.2) is 28.8 Å². The lowest BCUT2D eigenvalue weighted by atomic mass is 10.1. The standard InChI is InChI=1S/C18H23N3O2/c1-13-17(14(2)23-20-13)18(22)19-11-15-5-7-16(8-6-15)12-21-9-3-4-10-21/h5-8H,3-4,9-12H2,1-2H3,(H,19,22). The van der Waals surface area contributed by atoms with E-state index < -0.39 is 0 Å². The normalized spacial score (nSPS) is 15.0. The molecule has 0 unspecified atom stereocenters. The van der Waals surface area contributed by atoms with Gasteiger partial charge in [-0.2, -0.15) is 0 Å². The van der Waals surface area contributed by atoms with Gasteiger partial charge >= 0.3 is 0 Å². The monoisotopic (exact) mass is 313 g/mol. The Labute approximate surface area is 136 Å². The summed E-state index contributed by atoms with van der Waals surface area (Å²) in [6.45, 7) is 7.46. The van der Waals surface area contributed by atoms with Crippen LogP contribution in [0, 0.1) is 13.8 Å². The lowest BCUT2D eigenvalue weighted by molar-refractivity contribution is 0.0949. The minimum atomic E-state index is -0.137. The molecule has 5 nitrogen and oxygen atoms in total. The molecule has 1 saturated heterocycles. The molecule has 1 N–H and O–H groups in total. The number of aryl methyl sites for hydroxylation is 2. The van der Waals surface area contributed by atoms with Gasteiger partial charge in [0.15, 0.2) is 0 Å². The van der Waals surface area contributed by atoms with Crippen molar-refractivity contribution in [2.75, 3.05) is 13.1 Å². The molecule has 1 amide bonds. The third-order valence-electron chi connectivity index (χ3n) is 4.34. The molecule has 0 spiro atoms. The summed E-state index contributed by atoms with van der Waals surface area (Å²) in [5.74, 6) is 0.420. The second kappa shape index (κ2) is 6.96. The minimum absolute atomic E-state index is 0.137. The maximum Gasteiger partial charge on any atom is 0.257 e. The molecular weight excluding hydrogens is 290 g/mol. The van der Waals surface area contributed by atoms with Crippen LogP contribution in [0.5, 0.6) is 0 Å². The molecule has 23 heavy (non-hydrogen) atoms. The molecule has 1 aliphatic heterocycles. The quantitative estimate of drug-likeness (QED) is 0.922. The Morgan fingerprint density at radius 3 is 2.43 bits per heavy atom. The molecule has 1 aromatic carbocycles. The molecule has 3 rings (SSSR count). The molecule has 0 atom stereocenters. The molecule has 5 heteroatoms. The van der Waals surface area contributed by atoms with Crippen LogP contribution in [-0.4, -0.2) is 29.1 Å². The van der Waals surface area contributed by atoms with Gasteiger partial charge in [-0.1, -0.05) is 29.4 Å². The topological polar surface area (TPSA) is 58.4 Å². The van der Waals surface area contributed by atoms with Gasteiger partial charge < -0.3 is 9.84 Å². The van der Waals surface area contributed by atoms with Gasteiger partial charge in [0.25, 0.3) is 5.91 Å². The van der Waals surface area contributed by atoms with E-state index in [-0.39, 0.29) is 5.91 Å². The fourth-order valence-electron chi connectivity index (χ4n) is 3.04. The highest BCUT2D eigenvalue weighted by molar-refractivity contribution is 5.95. The Hall–Kier alpha value is -2.14. The van der Waals surface area contributed by atoms with E-state index in [2.05, 4.69) is 39.6 Å². The van der Waals surface area contributed by atoms with Gasteiger partial charge in [0.05, 0.1) is 5.69 Å². The number of benzene rings is 1. The SMILES string of the molecule is Cc1noc(C)c1C(=O)NCc1ccc(CN2CCCC2)cc1. The molecule has 0 radical (unpaired) electrons. The summed E-state index contributed by atoms with van der Waals surface area (Å²) in [5.41, 5.74) is 3.58. The van der Waals surface area contributed by atoms with E-state index in [1.807, 2.05) is 0 Å². The second-order valence-corrected chi connectivity index (χ2v) is 6.18. The van der Waals surface area contributed by atoms with Crippen molar-refractivity contribution in [3.8, 4) is 0 Å². The third kappa shape index (κ3) is 3.79. The van der Waals surface area contributed by atoms with E-state index in [1.165, 1.54) is 31.5 Å². The molecule has 122 valence electrons. The maximum atomic E-state index is 12.2. The third-order valence-corrected chi connectivity index (χ3v) is 4.34. The largest absolute Gasteiger partial charge is 0.361 e. The summed E-state index contributed by atoms with van der Waals surface area (Å²) in [4.78, 5) is 14.7. The highest BCUT2D eigenvalue weighted by Gasteiger charge is 2.17. The van der Waals surface area contributed by atoms with Crippen molar-refractivity contribution >= 4 is 5.91 Å². The van der Waals surface area contributed by atoms with E-state index in [1.54, 1.807) is 13.8 Å². The van der Waals surface area contributed by atoms with E-state index in [0.717, 1.165) is 12.1 Å². The van der Waals surface area contributed by atoms with Gasteiger partial charge in [-0.25, -0.2) is 0 Å². The van der Waals surface area contributed by atoms with Crippen LogP contribution in [-0.2, 0) is 13.1 Å². The second-order valence-electron chi connectivity index (χ2n) is 6.18. The Morgan fingerprint density at radius 1 is 1.17 bits per heavy atom. The van der Waals surface area contributed by atoms with E-state index >= 15 is 0 Å².